The molecule has 2 heterocycles. The van der Waals surface area contributed by atoms with E-state index in [9.17, 15) is 9.59 Å². The molecule has 1 fully saturated rings. The first-order valence-corrected chi connectivity index (χ1v) is 7.92. The van der Waals surface area contributed by atoms with Gasteiger partial charge >= 0.3 is 6.03 Å². The second kappa shape index (κ2) is 7.16. The number of carbonyl (C=O) groups excluding carboxylic acids is 2. The van der Waals surface area contributed by atoms with Crippen molar-refractivity contribution in [3.63, 3.8) is 0 Å². The lowest BCUT2D eigenvalue weighted by Gasteiger charge is -2.34. The zero-order valence-electron chi connectivity index (χ0n) is 13.6. The molecule has 24 heavy (non-hydrogen) atoms. The average Bonchev–Trinajstić information content (AvgIpc) is 3.09. The molecule has 126 valence electrons. The Hall–Kier alpha value is -2.83. The van der Waals surface area contributed by atoms with Crippen molar-refractivity contribution in [1.82, 2.24) is 20.1 Å². The Morgan fingerprint density at radius 1 is 1.12 bits per heavy atom. The van der Waals surface area contributed by atoms with E-state index >= 15 is 0 Å². The van der Waals surface area contributed by atoms with Crippen LogP contribution in [0.25, 0.3) is 11.3 Å². The van der Waals surface area contributed by atoms with E-state index in [1.165, 1.54) is 0 Å². The third-order valence-corrected chi connectivity index (χ3v) is 4.01. The van der Waals surface area contributed by atoms with Crippen LogP contribution >= 0.6 is 0 Å². The second-order valence-electron chi connectivity index (χ2n) is 5.64. The number of rotatable bonds is 3. The lowest BCUT2D eigenvalue weighted by Crippen LogP contribution is -2.52. The quantitative estimate of drug-likeness (QED) is 0.930. The highest BCUT2D eigenvalue weighted by Crippen LogP contribution is 2.19. The summed E-state index contributed by atoms with van der Waals surface area (Å²) in [6, 6.07) is 9.51. The Labute approximate surface area is 140 Å². The van der Waals surface area contributed by atoms with Gasteiger partial charge in [-0.15, -0.1) is 0 Å². The fourth-order valence-corrected chi connectivity index (χ4v) is 2.62. The molecule has 0 unspecified atom stereocenters. The summed E-state index contributed by atoms with van der Waals surface area (Å²) in [6.45, 7) is 3.99. The Kier molecular flexibility index (Phi) is 4.79. The normalized spacial score (nSPS) is 14.5. The molecule has 1 aliphatic rings. The molecule has 7 nitrogen and oxygen atoms in total. The summed E-state index contributed by atoms with van der Waals surface area (Å²) in [7, 11) is 0. The van der Waals surface area contributed by atoms with Crippen LogP contribution in [0.2, 0.25) is 0 Å². The Morgan fingerprint density at radius 2 is 1.79 bits per heavy atom. The number of amides is 3. The van der Waals surface area contributed by atoms with Crippen LogP contribution in [0.1, 0.15) is 12.8 Å². The lowest BCUT2D eigenvalue weighted by atomic mass is 10.2. The zero-order chi connectivity index (χ0) is 16.9. The molecule has 0 bridgehead atoms. The van der Waals surface area contributed by atoms with Crippen molar-refractivity contribution in [3.05, 3.63) is 42.4 Å². The molecule has 1 saturated heterocycles. The van der Waals surface area contributed by atoms with Crippen LogP contribution in [0.4, 0.5) is 4.79 Å². The molecule has 2 aromatic rings. The van der Waals surface area contributed by atoms with Gasteiger partial charge in [0.15, 0.2) is 5.76 Å². The summed E-state index contributed by atoms with van der Waals surface area (Å²) in [4.78, 5) is 31.1. The first-order valence-electron chi connectivity index (χ1n) is 7.92. The number of oxazole rings is 1. The summed E-state index contributed by atoms with van der Waals surface area (Å²) < 4.78 is 5.66. The summed E-state index contributed by atoms with van der Waals surface area (Å²) in [5.74, 6) is 1.18. The van der Waals surface area contributed by atoms with E-state index in [1.54, 1.807) is 22.9 Å². The van der Waals surface area contributed by atoms with Gasteiger partial charge in [-0.25, -0.2) is 9.78 Å². The molecule has 1 aliphatic heterocycles. The Balaban J connectivity index is 1.50. The standard InChI is InChI=1S/C17H20N4O3/c1-13(22)20-7-9-21(10-8-20)17(23)19-12-16-18-11-15(24-16)14-5-3-2-4-6-14/h2-6,11H,7-10,12H2,1H3,(H,19,23). The van der Waals surface area contributed by atoms with Gasteiger partial charge in [0.2, 0.25) is 11.8 Å². The van der Waals surface area contributed by atoms with Crippen LogP contribution in [-0.4, -0.2) is 52.9 Å². The van der Waals surface area contributed by atoms with Gasteiger partial charge in [-0.1, -0.05) is 30.3 Å². The van der Waals surface area contributed by atoms with Crippen LogP contribution < -0.4 is 5.32 Å². The first kappa shape index (κ1) is 16.0. The topological polar surface area (TPSA) is 78.7 Å². The van der Waals surface area contributed by atoms with E-state index < -0.39 is 0 Å². The summed E-state index contributed by atoms with van der Waals surface area (Å²) in [6.07, 6.45) is 1.66. The van der Waals surface area contributed by atoms with Crippen molar-refractivity contribution < 1.29 is 14.0 Å². The highest BCUT2D eigenvalue weighted by molar-refractivity contribution is 5.76. The summed E-state index contributed by atoms with van der Waals surface area (Å²) in [5, 5.41) is 2.80. The number of carbonyl (C=O) groups is 2. The van der Waals surface area contributed by atoms with E-state index in [0.29, 0.717) is 37.8 Å². The van der Waals surface area contributed by atoms with Crippen LogP contribution in [0, 0.1) is 0 Å². The summed E-state index contributed by atoms with van der Waals surface area (Å²) in [5.41, 5.74) is 0.947. The Morgan fingerprint density at radius 3 is 2.46 bits per heavy atom. The van der Waals surface area contributed by atoms with Crippen molar-refractivity contribution in [1.29, 1.82) is 0 Å². The third-order valence-electron chi connectivity index (χ3n) is 4.01. The largest absolute Gasteiger partial charge is 0.439 e. The number of hydrogen-bond acceptors (Lipinski definition) is 4. The minimum absolute atomic E-state index is 0.0447. The predicted octanol–water partition coefficient (Wildman–Crippen LogP) is 1.72. The van der Waals surface area contributed by atoms with Crippen LogP contribution in [-0.2, 0) is 11.3 Å². The van der Waals surface area contributed by atoms with Gasteiger partial charge in [0.05, 0.1) is 12.7 Å². The second-order valence-corrected chi connectivity index (χ2v) is 5.64. The van der Waals surface area contributed by atoms with E-state index in [-0.39, 0.29) is 18.5 Å². The summed E-state index contributed by atoms with van der Waals surface area (Å²) >= 11 is 0. The van der Waals surface area contributed by atoms with Crippen molar-refractivity contribution in [2.24, 2.45) is 0 Å². The van der Waals surface area contributed by atoms with Crippen molar-refractivity contribution in [2.45, 2.75) is 13.5 Å². The van der Waals surface area contributed by atoms with E-state index in [1.807, 2.05) is 30.3 Å². The van der Waals surface area contributed by atoms with E-state index in [2.05, 4.69) is 10.3 Å². The van der Waals surface area contributed by atoms with Crippen molar-refractivity contribution >= 4 is 11.9 Å². The molecule has 0 radical (unpaired) electrons. The molecule has 7 heteroatoms. The van der Waals surface area contributed by atoms with Gasteiger partial charge < -0.3 is 19.5 Å². The number of benzene rings is 1. The average molecular weight is 328 g/mol. The first-order chi connectivity index (χ1) is 11.6. The number of hydrogen-bond donors (Lipinski definition) is 1. The lowest BCUT2D eigenvalue weighted by molar-refractivity contribution is -0.130. The number of nitrogens with zero attached hydrogens (tertiary/aromatic N) is 3. The zero-order valence-corrected chi connectivity index (χ0v) is 13.6. The molecule has 0 spiro atoms. The highest BCUT2D eigenvalue weighted by Gasteiger charge is 2.22. The molecule has 1 aromatic heterocycles. The third kappa shape index (κ3) is 3.73. The molecule has 3 amide bonds. The molecule has 0 saturated carbocycles. The fraction of sp³-hybridized carbons (Fsp3) is 0.353. The van der Waals surface area contributed by atoms with E-state index in [0.717, 1.165) is 5.56 Å². The SMILES string of the molecule is CC(=O)N1CCN(C(=O)NCc2ncc(-c3ccccc3)o2)CC1. The maximum absolute atomic E-state index is 12.2. The van der Waals surface area contributed by atoms with Crippen molar-refractivity contribution in [2.75, 3.05) is 26.2 Å². The van der Waals surface area contributed by atoms with E-state index in [4.69, 9.17) is 4.42 Å². The van der Waals surface area contributed by atoms with Gasteiger partial charge in [-0.2, -0.15) is 0 Å². The van der Waals surface area contributed by atoms with Gasteiger partial charge in [0.1, 0.15) is 0 Å². The smallest absolute Gasteiger partial charge is 0.317 e. The predicted molar refractivity (Wildman–Crippen MR) is 88.0 cm³/mol. The molecule has 0 aliphatic carbocycles. The van der Waals surface area contributed by atoms with Crippen LogP contribution in [0.5, 0.6) is 0 Å². The molecule has 1 aromatic carbocycles. The molecular weight excluding hydrogens is 308 g/mol. The molecular formula is C17H20N4O3. The molecule has 1 N–H and O–H groups in total. The van der Waals surface area contributed by atoms with Gasteiger partial charge in [-0.3, -0.25) is 4.79 Å². The maximum Gasteiger partial charge on any atom is 0.317 e. The fourth-order valence-electron chi connectivity index (χ4n) is 2.62. The van der Waals surface area contributed by atoms with Gasteiger partial charge in [0, 0.05) is 38.7 Å². The van der Waals surface area contributed by atoms with Crippen LogP contribution in [0.3, 0.4) is 0 Å². The number of nitrogens with one attached hydrogen (secondary N) is 1. The van der Waals surface area contributed by atoms with Crippen molar-refractivity contribution in [3.8, 4) is 11.3 Å². The molecule has 3 rings (SSSR count). The van der Waals surface area contributed by atoms with Gasteiger partial charge in [-0.05, 0) is 0 Å². The number of aromatic nitrogens is 1. The Bertz CT molecular complexity index is 706. The maximum atomic E-state index is 12.2. The van der Waals surface area contributed by atoms with Crippen LogP contribution in [0.15, 0.2) is 40.9 Å². The monoisotopic (exact) mass is 328 g/mol. The molecule has 0 atom stereocenters. The minimum Gasteiger partial charge on any atom is -0.439 e. The highest BCUT2D eigenvalue weighted by atomic mass is 16.4. The number of piperazine rings is 1. The van der Waals surface area contributed by atoms with Gasteiger partial charge in [0.25, 0.3) is 0 Å². The minimum atomic E-state index is -0.169. The number of urea groups is 1.